The molecule has 1 atom stereocenters. The van der Waals surface area contributed by atoms with E-state index in [1.807, 2.05) is 10.6 Å². The summed E-state index contributed by atoms with van der Waals surface area (Å²) in [7, 11) is 0. The van der Waals surface area contributed by atoms with Crippen molar-refractivity contribution in [2.75, 3.05) is 37.1 Å². The Labute approximate surface area is 109 Å². The lowest BCUT2D eigenvalue weighted by Crippen LogP contribution is -2.34. The van der Waals surface area contributed by atoms with Crippen LogP contribution in [0.3, 0.4) is 0 Å². The fraction of sp³-hybridized carbons (Fsp3) is 0.455. The molecular formula is C11H16N6O2. The Kier molecular flexibility index (Phi) is 3.45. The van der Waals surface area contributed by atoms with Gasteiger partial charge in [0.15, 0.2) is 17.3 Å². The molecule has 1 unspecified atom stereocenters. The van der Waals surface area contributed by atoms with Crippen LogP contribution in [0.1, 0.15) is 0 Å². The summed E-state index contributed by atoms with van der Waals surface area (Å²) in [6.45, 7) is 2.49. The number of aromatic nitrogens is 3. The fourth-order valence-corrected chi connectivity index (χ4v) is 1.98. The Morgan fingerprint density at radius 1 is 1.47 bits per heavy atom. The fourth-order valence-electron chi connectivity index (χ4n) is 1.98. The van der Waals surface area contributed by atoms with Gasteiger partial charge in [0.1, 0.15) is 0 Å². The van der Waals surface area contributed by atoms with E-state index < -0.39 is 0 Å². The number of fused-ring (bicyclic) bond motifs is 1. The Morgan fingerprint density at radius 3 is 3.21 bits per heavy atom. The van der Waals surface area contributed by atoms with Crippen LogP contribution >= 0.6 is 0 Å². The highest BCUT2D eigenvalue weighted by atomic mass is 16.6. The molecule has 0 bridgehead atoms. The van der Waals surface area contributed by atoms with Gasteiger partial charge in [0, 0.05) is 18.9 Å². The van der Waals surface area contributed by atoms with E-state index in [1.54, 1.807) is 12.4 Å². The van der Waals surface area contributed by atoms with Gasteiger partial charge in [-0.3, -0.25) is 0 Å². The van der Waals surface area contributed by atoms with Gasteiger partial charge in [-0.15, -0.1) is 0 Å². The third kappa shape index (κ3) is 2.60. The van der Waals surface area contributed by atoms with Gasteiger partial charge >= 0.3 is 0 Å². The van der Waals surface area contributed by atoms with Gasteiger partial charge in [-0.1, -0.05) is 0 Å². The quantitative estimate of drug-likeness (QED) is 0.521. The minimum atomic E-state index is 0.0278. The molecule has 8 heteroatoms. The maximum atomic E-state index is 5.57. The Morgan fingerprint density at radius 2 is 2.42 bits per heavy atom. The summed E-state index contributed by atoms with van der Waals surface area (Å²) in [6, 6.07) is 0. The molecule has 8 nitrogen and oxygen atoms in total. The predicted octanol–water partition coefficient (Wildman–Crippen LogP) is -0.158. The molecular weight excluding hydrogens is 248 g/mol. The van der Waals surface area contributed by atoms with E-state index >= 15 is 0 Å². The summed E-state index contributed by atoms with van der Waals surface area (Å²) < 4.78 is 12.8. The van der Waals surface area contributed by atoms with E-state index in [0.717, 1.165) is 5.65 Å². The zero-order valence-electron chi connectivity index (χ0n) is 10.4. The van der Waals surface area contributed by atoms with Crippen LogP contribution in [0.25, 0.3) is 5.65 Å². The van der Waals surface area contributed by atoms with E-state index in [4.69, 9.17) is 15.3 Å². The van der Waals surface area contributed by atoms with Crippen molar-refractivity contribution in [3.63, 3.8) is 0 Å². The predicted molar refractivity (Wildman–Crippen MR) is 69.8 cm³/mol. The molecule has 2 aromatic rings. The van der Waals surface area contributed by atoms with E-state index in [1.165, 1.54) is 0 Å². The number of hydrogen-bond donors (Lipinski definition) is 3. The van der Waals surface area contributed by atoms with Crippen LogP contribution in [0, 0.1) is 0 Å². The summed E-state index contributed by atoms with van der Waals surface area (Å²) >= 11 is 0. The van der Waals surface area contributed by atoms with Crippen LogP contribution in [-0.2, 0) is 9.47 Å². The molecule has 1 aliphatic rings. The molecule has 19 heavy (non-hydrogen) atoms. The van der Waals surface area contributed by atoms with Crippen molar-refractivity contribution >= 4 is 17.3 Å². The van der Waals surface area contributed by atoms with Crippen molar-refractivity contribution in [2.24, 2.45) is 5.84 Å². The van der Waals surface area contributed by atoms with E-state index in [0.29, 0.717) is 38.0 Å². The van der Waals surface area contributed by atoms with E-state index in [-0.39, 0.29) is 6.10 Å². The average Bonchev–Trinajstić information content (AvgIpc) is 2.94. The van der Waals surface area contributed by atoms with Gasteiger partial charge in [-0.25, -0.2) is 15.8 Å². The van der Waals surface area contributed by atoms with Crippen LogP contribution in [-0.4, -0.2) is 46.8 Å². The minimum absolute atomic E-state index is 0.0278. The van der Waals surface area contributed by atoms with E-state index in [9.17, 15) is 0 Å². The summed E-state index contributed by atoms with van der Waals surface area (Å²) in [5.41, 5.74) is 3.28. The number of nitrogen functional groups attached to an aromatic ring is 1. The second-order valence-corrected chi connectivity index (χ2v) is 4.23. The lowest BCUT2D eigenvalue weighted by molar-refractivity contribution is -0.0819. The zero-order chi connectivity index (χ0) is 13.1. The van der Waals surface area contributed by atoms with Crippen LogP contribution in [0.5, 0.6) is 0 Å². The SMILES string of the molecule is NNc1cn2ccnc2c(NCC2COCCO2)n1. The largest absolute Gasteiger partial charge is 0.376 e. The first kappa shape index (κ1) is 12.2. The van der Waals surface area contributed by atoms with Crippen molar-refractivity contribution in [1.82, 2.24) is 14.4 Å². The zero-order valence-corrected chi connectivity index (χ0v) is 10.4. The molecule has 0 radical (unpaired) electrons. The summed E-state index contributed by atoms with van der Waals surface area (Å²) in [5, 5.41) is 3.22. The van der Waals surface area contributed by atoms with Crippen molar-refractivity contribution in [3.8, 4) is 0 Å². The molecule has 0 spiro atoms. The van der Waals surface area contributed by atoms with Crippen LogP contribution in [0.2, 0.25) is 0 Å². The number of rotatable bonds is 4. The highest BCUT2D eigenvalue weighted by Gasteiger charge is 2.15. The lowest BCUT2D eigenvalue weighted by Gasteiger charge is -2.23. The lowest BCUT2D eigenvalue weighted by atomic mass is 10.3. The molecule has 0 aromatic carbocycles. The molecule has 1 fully saturated rings. The van der Waals surface area contributed by atoms with Crippen LogP contribution in [0.15, 0.2) is 18.6 Å². The number of ether oxygens (including phenoxy) is 2. The smallest absolute Gasteiger partial charge is 0.180 e. The molecule has 0 amide bonds. The van der Waals surface area contributed by atoms with E-state index in [2.05, 4.69) is 20.7 Å². The van der Waals surface area contributed by atoms with Crippen LogP contribution < -0.4 is 16.6 Å². The summed E-state index contributed by atoms with van der Waals surface area (Å²) in [4.78, 5) is 8.60. The molecule has 102 valence electrons. The summed E-state index contributed by atoms with van der Waals surface area (Å²) in [5.74, 6) is 6.62. The normalized spacial score (nSPS) is 19.5. The third-order valence-electron chi connectivity index (χ3n) is 2.90. The van der Waals surface area contributed by atoms with Gasteiger partial charge in [0.25, 0.3) is 0 Å². The van der Waals surface area contributed by atoms with Gasteiger partial charge in [0.2, 0.25) is 0 Å². The second kappa shape index (κ2) is 5.39. The van der Waals surface area contributed by atoms with Crippen LogP contribution in [0.4, 0.5) is 11.6 Å². The first-order chi connectivity index (χ1) is 9.36. The minimum Gasteiger partial charge on any atom is -0.376 e. The van der Waals surface area contributed by atoms with Gasteiger partial charge < -0.3 is 24.6 Å². The first-order valence-corrected chi connectivity index (χ1v) is 6.10. The second-order valence-electron chi connectivity index (χ2n) is 4.23. The van der Waals surface area contributed by atoms with Crippen molar-refractivity contribution in [2.45, 2.75) is 6.10 Å². The molecule has 3 heterocycles. The molecule has 2 aromatic heterocycles. The number of nitrogens with zero attached hydrogens (tertiary/aromatic N) is 3. The number of hydrogen-bond acceptors (Lipinski definition) is 7. The third-order valence-corrected chi connectivity index (χ3v) is 2.90. The van der Waals surface area contributed by atoms with Gasteiger partial charge in [-0.05, 0) is 0 Å². The molecule has 0 saturated carbocycles. The molecule has 1 aliphatic heterocycles. The Balaban J connectivity index is 1.77. The molecule has 1 saturated heterocycles. The highest BCUT2D eigenvalue weighted by molar-refractivity contribution is 5.65. The molecule has 0 aliphatic carbocycles. The Hall–Kier alpha value is -1.90. The van der Waals surface area contributed by atoms with Crippen molar-refractivity contribution in [1.29, 1.82) is 0 Å². The highest BCUT2D eigenvalue weighted by Crippen LogP contribution is 2.16. The number of imidazole rings is 1. The number of nitrogens with two attached hydrogens (primary N) is 1. The Bertz CT molecular complexity index is 551. The monoisotopic (exact) mass is 264 g/mol. The molecule has 4 N–H and O–H groups in total. The number of anilines is 2. The van der Waals surface area contributed by atoms with Gasteiger partial charge in [0.05, 0.1) is 32.1 Å². The van der Waals surface area contributed by atoms with Crippen molar-refractivity contribution < 1.29 is 9.47 Å². The topological polar surface area (TPSA) is 98.7 Å². The van der Waals surface area contributed by atoms with Crippen molar-refractivity contribution in [3.05, 3.63) is 18.6 Å². The average molecular weight is 264 g/mol. The maximum Gasteiger partial charge on any atom is 0.180 e. The summed E-state index contributed by atoms with van der Waals surface area (Å²) in [6.07, 6.45) is 5.35. The molecule has 3 rings (SSSR count). The number of nitrogens with one attached hydrogen (secondary N) is 2. The standard InChI is InChI=1S/C11H16N6O2/c12-16-9-6-17-2-1-13-11(17)10(15-9)14-5-8-7-18-3-4-19-8/h1-2,6,8,16H,3-5,7,12H2,(H,14,15). The first-order valence-electron chi connectivity index (χ1n) is 6.10. The maximum absolute atomic E-state index is 5.57. The van der Waals surface area contributed by atoms with Gasteiger partial charge in [-0.2, -0.15) is 0 Å². The number of hydrazine groups is 1.